The minimum atomic E-state index is -0.458. The predicted octanol–water partition coefficient (Wildman–Crippen LogP) is 2.71. The van der Waals surface area contributed by atoms with Gasteiger partial charge in [0.15, 0.2) is 5.78 Å². The van der Waals surface area contributed by atoms with E-state index in [9.17, 15) is 14.4 Å². The normalized spacial score (nSPS) is 13.3. The molecule has 0 bridgehead atoms. The molecule has 0 atom stereocenters. The van der Waals surface area contributed by atoms with Gasteiger partial charge in [0.05, 0.1) is 0 Å². The Morgan fingerprint density at radius 3 is 2.70 bits per heavy atom. The molecule has 118 valence electrons. The minimum absolute atomic E-state index is 0.0762. The molecule has 0 unspecified atom stereocenters. The Kier molecular flexibility index (Phi) is 4.10. The zero-order valence-electron chi connectivity index (χ0n) is 12.9. The zero-order chi connectivity index (χ0) is 16.4. The van der Waals surface area contributed by atoms with Gasteiger partial charge in [-0.2, -0.15) is 0 Å². The monoisotopic (exact) mass is 310 g/mol. The lowest BCUT2D eigenvalue weighted by Crippen LogP contribution is -2.26. The van der Waals surface area contributed by atoms with E-state index in [2.05, 4.69) is 10.3 Å². The largest absolute Gasteiger partial charge is 0.325 e. The molecule has 2 N–H and O–H groups in total. The van der Waals surface area contributed by atoms with Crippen LogP contribution in [0.25, 0.3) is 0 Å². The van der Waals surface area contributed by atoms with Crippen molar-refractivity contribution in [2.45, 2.75) is 32.6 Å². The highest BCUT2D eigenvalue weighted by Gasteiger charge is 2.17. The number of amides is 1. The van der Waals surface area contributed by atoms with Gasteiger partial charge in [-0.25, -0.2) is 0 Å². The van der Waals surface area contributed by atoms with E-state index < -0.39 is 5.91 Å². The maximum absolute atomic E-state index is 12.4. The Bertz CT molecular complexity index is 836. The number of aromatic nitrogens is 1. The van der Waals surface area contributed by atoms with Crippen molar-refractivity contribution in [2.75, 3.05) is 5.32 Å². The number of fused-ring (bicyclic) bond motifs is 1. The molecule has 5 nitrogen and oxygen atoms in total. The summed E-state index contributed by atoms with van der Waals surface area (Å²) in [6.07, 6.45) is 3.87. The first-order valence-corrected chi connectivity index (χ1v) is 7.72. The number of Topliss-reactive ketones (excluding diaryl/α,β-unsaturated/α-hetero) is 1. The smallest absolute Gasteiger partial charge is 0.261 e. The number of nitrogens with one attached hydrogen (secondary N) is 2. The number of H-pyrrole nitrogens is 1. The first kappa shape index (κ1) is 15.2. The van der Waals surface area contributed by atoms with Gasteiger partial charge < -0.3 is 10.3 Å². The molecule has 0 fully saturated rings. The quantitative estimate of drug-likeness (QED) is 0.856. The third kappa shape index (κ3) is 3.23. The zero-order valence-corrected chi connectivity index (χ0v) is 12.9. The standard InChI is InChI=1S/C18H18N2O3/c1-11(21)12-6-4-7-14(9-12)19-17(22)15-10-13-5-2-3-8-16(13)20-18(15)23/h4,6-7,9-10H,2-3,5,8H2,1H3,(H,19,22)(H,20,23). The second-order valence-corrected chi connectivity index (χ2v) is 5.81. The summed E-state index contributed by atoms with van der Waals surface area (Å²) < 4.78 is 0. The van der Waals surface area contributed by atoms with Crippen molar-refractivity contribution >= 4 is 17.4 Å². The molecule has 1 aliphatic carbocycles. The molecule has 1 aromatic carbocycles. The van der Waals surface area contributed by atoms with Crippen LogP contribution in [0, 0.1) is 0 Å². The number of benzene rings is 1. The van der Waals surface area contributed by atoms with E-state index in [1.165, 1.54) is 6.92 Å². The molecule has 0 saturated carbocycles. The third-order valence-electron chi connectivity index (χ3n) is 4.11. The summed E-state index contributed by atoms with van der Waals surface area (Å²) in [7, 11) is 0. The number of carbonyl (C=O) groups excluding carboxylic acids is 2. The van der Waals surface area contributed by atoms with Crippen molar-refractivity contribution in [1.82, 2.24) is 4.98 Å². The molecule has 3 rings (SSSR count). The van der Waals surface area contributed by atoms with Gasteiger partial charge in [0, 0.05) is 16.9 Å². The Labute approximate surface area is 133 Å². The van der Waals surface area contributed by atoms with E-state index in [4.69, 9.17) is 0 Å². The van der Waals surface area contributed by atoms with Crippen LogP contribution in [0.4, 0.5) is 5.69 Å². The summed E-state index contributed by atoms with van der Waals surface area (Å²) in [5.41, 5.74) is 2.74. The van der Waals surface area contributed by atoms with Gasteiger partial charge in [0.25, 0.3) is 11.5 Å². The van der Waals surface area contributed by atoms with Crippen LogP contribution in [0.5, 0.6) is 0 Å². The van der Waals surface area contributed by atoms with Gasteiger partial charge >= 0.3 is 0 Å². The number of hydrogen-bond donors (Lipinski definition) is 2. The molecular formula is C18H18N2O3. The number of pyridine rings is 1. The average Bonchev–Trinajstić information content (AvgIpc) is 2.54. The van der Waals surface area contributed by atoms with E-state index in [1.54, 1.807) is 30.3 Å². The maximum Gasteiger partial charge on any atom is 0.261 e. The first-order valence-electron chi connectivity index (χ1n) is 7.72. The lowest BCUT2D eigenvalue weighted by atomic mass is 9.95. The van der Waals surface area contributed by atoms with Crippen molar-refractivity contribution in [1.29, 1.82) is 0 Å². The fourth-order valence-electron chi connectivity index (χ4n) is 2.86. The van der Waals surface area contributed by atoms with Crippen molar-refractivity contribution in [3.05, 3.63) is 63.1 Å². The Hall–Kier alpha value is -2.69. The highest BCUT2D eigenvalue weighted by Crippen LogP contribution is 2.19. The van der Waals surface area contributed by atoms with Crippen molar-refractivity contribution in [2.24, 2.45) is 0 Å². The summed E-state index contributed by atoms with van der Waals surface area (Å²) in [4.78, 5) is 38.7. The number of hydrogen-bond acceptors (Lipinski definition) is 3. The van der Waals surface area contributed by atoms with Gasteiger partial charge in [0.2, 0.25) is 0 Å². The highest BCUT2D eigenvalue weighted by atomic mass is 16.2. The Morgan fingerprint density at radius 2 is 1.91 bits per heavy atom. The van der Waals surface area contributed by atoms with Crippen LogP contribution in [-0.2, 0) is 12.8 Å². The Balaban J connectivity index is 1.88. The summed E-state index contributed by atoms with van der Waals surface area (Å²) in [6, 6.07) is 8.37. The fraction of sp³-hybridized carbons (Fsp3) is 0.278. The van der Waals surface area contributed by atoms with E-state index in [0.29, 0.717) is 11.3 Å². The van der Waals surface area contributed by atoms with Crippen molar-refractivity contribution < 1.29 is 9.59 Å². The number of rotatable bonds is 3. The fourth-order valence-corrected chi connectivity index (χ4v) is 2.86. The molecule has 1 aromatic heterocycles. The molecule has 0 aliphatic heterocycles. The lowest BCUT2D eigenvalue weighted by molar-refractivity contribution is 0.101. The topological polar surface area (TPSA) is 79.0 Å². The highest BCUT2D eigenvalue weighted by molar-refractivity contribution is 6.05. The van der Waals surface area contributed by atoms with E-state index in [0.717, 1.165) is 36.9 Å². The van der Waals surface area contributed by atoms with Crippen molar-refractivity contribution in [3.8, 4) is 0 Å². The second kappa shape index (κ2) is 6.20. The molecule has 2 aromatic rings. The maximum atomic E-state index is 12.4. The van der Waals surface area contributed by atoms with Gasteiger partial charge in [-0.1, -0.05) is 12.1 Å². The van der Waals surface area contributed by atoms with Crippen LogP contribution in [0.1, 0.15) is 51.7 Å². The summed E-state index contributed by atoms with van der Waals surface area (Å²) >= 11 is 0. The van der Waals surface area contributed by atoms with Gasteiger partial charge in [-0.15, -0.1) is 0 Å². The van der Waals surface area contributed by atoms with Crippen LogP contribution in [0.15, 0.2) is 35.1 Å². The molecular weight excluding hydrogens is 292 g/mol. The number of aromatic amines is 1. The molecule has 1 heterocycles. The number of carbonyl (C=O) groups is 2. The van der Waals surface area contributed by atoms with Crippen LogP contribution >= 0.6 is 0 Å². The summed E-state index contributed by atoms with van der Waals surface area (Å²) in [5.74, 6) is -0.534. The lowest BCUT2D eigenvalue weighted by Gasteiger charge is -2.16. The second-order valence-electron chi connectivity index (χ2n) is 5.81. The van der Waals surface area contributed by atoms with Crippen LogP contribution in [0.3, 0.4) is 0 Å². The van der Waals surface area contributed by atoms with Gasteiger partial charge in [0.1, 0.15) is 5.56 Å². The van der Waals surface area contributed by atoms with E-state index in [-0.39, 0.29) is 16.9 Å². The molecule has 0 spiro atoms. The molecule has 23 heavy (non-hydrogen) atoms. The predicted molar refractivity (Wildman–Crippen MR) is 88.1 cm³/mol. The Morgan fingerprint density at radius 1 is 1.13 bits per heavy atom. The first-order chi connectivity index (χ1) is 11.0. The average molecular weight is 310 g/mol. The summed E-state index contributed by atoms with van der Waals surface area (Å²) in [5, 5.41) is 2.69. The third-order valence-corrected chi connectivity index (χ3v) is 4.11. The molecule has 0 saturated heterocycles. The number of aryl methyl sites for hydroxylation is 2. The van der Waals surface area contributed by atoms with E-state index >= 15 is 0 Å². The SMILES string of the molecule is CC(=O)c1cccc(NC(=O)c2cc3c([nH]c2=O)CCCC3)c1. The molecule has 1 amide bonds. The number of anilines is 1. The summed E-state index contributed by atoms with van der Waals surface area (Å²) in [6.45, 7) is 1.47. The number of ketones is 1. The molecule has 5 heteroatoms. The van der Waals surface area contributed by atoms with Gasteiger partial charge in [-0.05, 0) is 56.4 Å². The van der Waals surface area contributed by atoms with Gasteiger partial charge in [-0.3, -0.25) is 14.4 Å². The van der Waals surface area contributed by atoms with Crippen LogP contribution < -0.4 is 10.9 Å². The molecule has 1 aliphatic rings. The van der Waals surface area contributed by atoms with Crippen LogP contribution in [0.2, 0.25) is 0 Å². The van der Waals surface area contributed by atoms with E-state index in [1.807, 2.05) is 0 Å². The van der Waals surface area contributed by atoms with Crippen LogP contribution in [-0.4, -0.2) is 16.7 Å². The minimum Gasteiger partial charge on any atom is -0.325 e. The van der Waals surface area contributed by atoms with Crippen molar-refractivity contribution in [3.63, 3.8) is 0 Å². The molecule has 0 radical (unpaired) electrons.